The highest BCUT2D eigenvalue weighted by Crippen LogP contribution is 2.11. The first kappa shape index (κ1) is 12.5. The molecule has 86 valence electrons. The van der Waals surface area contributed by atoms with Crippen LogP contribution in [-0.2, 0) is 17.6 Å². The molecule has 0 radical (unpaired) electrons. The van der Waals surface area contributed by atoms with E-state index in [1.54, 1.807) is 18.4 Å². The first-order valence-corrected chi connectivity index (χ1v) is 6.19. The summed E-state index contributed by atoms with van der Waals surface area (Å²) in [4.78, 5) is 0. The van der Waals surface area contributed by atoms with E-state index in [4.69, 9.17) is 4.74 Å². The van der Waals surface area contributed by atoms with Crippen molar-refractivity contribution in [3.63, 3.8) is 0 Å². The van der Waals surface area contributed by atoms with Crippen molar-refractivity contribution in [3.05, 3.63) is 10.0 Å². The summed E-state index contributed by atoms with van der Waals surface area (Å²) in [5.41, 5.74) is 0. The molecule has 0 saturated carbocycles. The Morgan fingerprint density at radius 3 is 2.67 bits per heavy atom. The molecule has 0 unspecified atom stereocenters. The lowest BCUT2D eigenvalue weighted by Crippen LogP contribution is -2.14. The van der Waals surface area contributed by atoms with E-state index in [0.29, 0.717) is 0 Å². The average Bonchev–Trinajstić information content (AvgIpc) is 2.69. The van der Waals surface area contributed by atoms with Crippen LogP contribution in [0.5, 0.6) is 0 Å². The van der Waals surface area contributed by atoms with E-state index < -0.39 is 0 Å². The van der Waals surface area contributed by atoms with Crippen molar-refractivity contribution in [1.29, 1.82) is 0 Å². The summed E-state index contributed by atoms with van der Waals surface area (Å²) in [6.45, 7) is 4.94. The standard InChI is InChI=1S/C10H19N3OS/c1-3-11-7-4-5-9-12-13-10(15-9)6-8-14-2/h11H,3-8H2,1-2H3. The first-order chi connectivity index (χ1) is 7.36. The van der Waals surface area contributed by atoms with Crippen LogP contribution >= 0.6 is 11.3 Å². The summed E-state index contributed by atoms with van der Waals surface area (Å²) in [5, 5.41) is 13.8. The van der Waals surface area contributed by atoms with Crippen LogP contribution in [0.1, 0.15) is 23.4 Å². The summed E-state index contributed by atoms with van der Waals surface area (Å²) in [5.74, 6) is 0. The van der Waals surface area contributed by atoms with E-state index in [0.717, 1.165) is 49.0 Å². The molecule has 0 saturated heterocycles. The van der Waals surface area contributed by atoms with Crippen molar-refractivity contribution in [3.8, 4) is 0 Å². The van der Waals surface area contributed by atoms with E-state index >= 15 is 0 Å². The number of rotatable bonds is 8. The topological polar surface area (TPSA) is 47.0 Å². The predicted octanol–water partition coefficient (Wildman–Crippen LogP) is 1.27. The number of nitrogens with one attached hydrogen (secondary N) is 1. The number of ether oxygens (including phenoxy) is 1. The maximum atomic E-state index is 5.00. The molecule has 1 heterocycles. The second kappa shape index (κ2) is 7.73. The molecule has 0 fully saturated rings. The fourth-order valence-electron chi connectivity index (χ4n) is 1.22. The van der Waals surface area contributed by atoms with E-state index in [1.807, 2.05) is 0 Å². The Hall–Kier alpha value is -0.520. The molecule has 0 aliphatic carbocycles. The van der Waals surface area contributed by atoms with Crippen molar-refractivity contribution in [1.82, 2.24) is 15.5 Å². The van der Waals surface area contributed by atoms with Crippen LogP contribution in [0.15, 0.2) is 0 Å². The second-order valence-electron chi connectivity index (χ2n) is 3.29. The van der Waals surface area contributed by atoms with Crippen LogP contribution in [0, 0.1) is 0 Å². The van der Waals surface area contributed by atoms with Crippen molar-refractivity contribution >= 4 is 11.3 Å². The van der Waals surface area contributed by atoms with Crippen LogP contribution in [0.25, 0.3) is 0 Å². The van der Waals surface area contributed by atoms with Crippen LogP contribution in [0.2, 0.25) is 0 Å². The van der Waals surface area contributed by atoms with Gasteiger partial charge < -0.3 is 10.1 Å². The van der Waals surface area contributed by atoms with Crippen molar-refractivity contribution in [2.75, 3.05) is 26.8 Å². The molecular weight excluding hydrogens is 210 g/mol. The smallest absolute Gasteiger partial charge is 0.119 e. The molecule has 1 aromatic rings. The SMILES string of the molecule is CCNCCCc1nnc(CCOC)s1. The molecule has 0 aliphatic rings. The predicted molar refractivity (Wildman–Crippen MR) is 62.4 cm³/mol. The van der Waals surface area contributed by atoms with Gasteiger partial charge in [0.2, 0.25) is 0 Å². The van der Waals surface area contributed by atoms with Gasteiger partial charge in [-0.15, -0.1) is 21.5 Å². The molecule has 5 heteroatoms. The second-order valence-corrected chi connectivity index (χ2v) is 4.44. The molecule has 1 N–H and O–H groups in total. The van der Waals surface area contributed by atoms with Gasteiger partial charge in [0.25, 0.3) is 0 Å². The molecule has 0 aliphatic heterocycles. The van der Waals surface area contributed by atoms with E-state index in [1.165, 1.54) is 0 Å². The van der Waals surface area contributed by atoms with Gasteiger partial charge in [0.1, 0.15) is 10.0 Å². The van der Waals surface area contributed by atoms with Crippen molar-refractivity contribution in [2.45, 2.75) is 26.2 Å². The minimum absolute atomic E-state index is 0.728. The zero-order valence-electron chi connectivity index (χ0n) is 9.45. The highest BCUT2D eigenvalue weighted by atomic mass is 32.1. The third-order valence-corrected chi connectivity index (χ3v) is 3.07. The Balaban J connectivity index is 2.20. The zero-order chi connectivity index (χ0) is 10.9. The molecular formula is C10H19N3OS. The van der Waals surface area contributed by atoms with Gasteiger partial charge in [0.15, 0.2) is 0 Å². The highest BCUT2D eigenvalue weighted by Gasteiger charge is 2.03. The van der Waals surface area contributed by atoms with Gasteiger partial charge in [-0.25, -0.2) is 0 Å². The summed E-state index contributed by atoms with van der Waals surface area (Å²) in [7, 11) is 1.71. The molecule has 4 nitrogen and oxygen atoms in total. The average molecular weight is 229 g/mol. The number of nitrogens with zero attached hydrogens (tertiary/aromatic N) is 2. The van der Waals surface area contributed by atoms with Crippen LogP contribution in [-0.4, -0.2) is 37.0 Å². The Bertz CT molecular complexity index is 265. The number of methoxy groups -OCH3 is 1. The quantitative estimate of drug-likeness (QED) is 0.682. The lowest BCUT2D eigenvalue weighted by Gasteiger charge is -1.97. The minimum atomic E-state index is 0.728. The van der Waals surface area contributed by atoms with Gasteiger partial charge in [-0.3, -0.25) is 0 Å². The number of aromatic nitrogens is 2. The van der Waals surface area contributed by atoms with Gasteiger partial charge in [-0.2, -0.15) is 0 Å². The van der Waals surface area contributed by atoms with Gasteiger partial charge >= 0.3 is 0 Å². The third-order valence-electron chi connectivity index (χ3n) is 2.02. The van der Waals surface area contributed by atoms with E-state index in [9.17, 15) is 0 Å². The first-order valence-electron chi connectivity index (χ1n) is 5.37. The number of hydrogen-bond donors (Lipinski definition) is 1. The lowest BCUT2D eigenvalue weighted by atomic mass is 10.3. The number of aryl methyl sites for hydroxylation is 1. The van der Waals surface area contributed by atoms with E-state index in [2.05, 4.69) is 22.4 Å². The third kappa shape index (κ3) is 5.20. The fraction of sp³-hybridized carbons (Fsp3) is 0.800. The van der Waals surface area contributed by atoms with E-state index in [-0.39, 0.29) is 0 Å². The number of hydrogen-bond acceptors (Lipinski definition) is 5. The summed E-state index contributed by atoms with van der Waals surface area (Å²) >= 11 is 1.70. The monoisotopic (exact) mass is 229 g/mol. The van der Waals surface area contributed by atoms with Gasteiger partial charge in [0.05, 0.1) is 6.61 Å². The zero-order valence-corrected chi connectivity index (χ0v) is 10.3. The molecule has 15 heavy (non-hydrogen) atoms. The molecule has 0 amide bonds. The van der Waals surface area contributed by atoms with Gasteiger partial charge in [-0.1, -0.05) is 6.92 Å². The molecule has 1 aromatic heterocycles. The summed E-state index contributed by atoms with van der Waals surface area (Å²) in [6, 6.07) is 0. The summed E-state index contributed by atoms with van der Waals surface area (Å²) < 4.78 is 5.00. The largest absolute Gasteiger partial charge is 0.384 e. The molecule has 0 bridgehead atoms. The molecule has 1 rings (SSSR count). The minimum Gasteiger partial charge on any atom is -0.384 e. The molecule has 0 atom stereocenters. The highest BCUT2D eigenvalue weighted by molar-refractivity contribution is 7.11. The van der Waals surface area contributed by atoms with Gasteiger partial charge in [-0.05, 0) is 19.5 Å². The Kier molecular flexibility index (Phi) is 6.47. The lowest BCUT2D eigenvalue weighted by molar-refractivity contribution is 0.202. The molecule has 0 aromatic carbocycles. The Morgan fingerprint density at radius 1 is 1.27 bits per heavy atom. The summed E-state index contributed by atoms with van der Waals surface area (Å²) in [6.07, 6.45) is 3.03. The van der Waals surface area contributed by atoms with Crippen molar-refractivity contribution in [2.24, 2.45) is 0 Å². The van der Waals surface area contributed by atoms with Crippen LogP contribution in [0.4, 0.5) is 0 Å². The maximum Gasteiger partial charge on any atom is 0.119 e. The Labute approximate surface area is 95.1 Å². The van der Waals surface area contributed by atoms with Crippen LogP contribution in [0.3, 0.4) is 0 Å². The normalized spacial score (nSPS) is 10.8. The van der Waals surface area contributed by atoms with Crippen LogP contribution < -0.4 is 5.32 Å². The fourth-order valence-corrected chi connectivity index (χ4v) is 2.09. The van der Waals surface area contributed by atoms with Gasteiger partial charge in [0, 0.05) is 20.0 Å². The van der Waals surface area contributed by atoms with Crippen molar-refractivity contribution < 1.29 is 4.74 Å². The molecule has 0 spiro atoms. The maximum absolute atomic E-state index is 5.00. The Morgan fingerprint density at radius 2 is 2.00 bits per heavy atom.